The van der Waals surface area contributed by atoms with Crippen LogP contribution in [0, 0.1) is 0 Å². The zero-order chi connectivity index (χ0) is 18.9. The van der Waals surface area contributed by atoms with Crippen molar-refractivity contribution in [3.8, 4) is 0 Å². The molecule has 0 unspecified atom stereocenters. The normalized spacial score (nSPS) is 26.5. The van der Waals surface area contributed by atoms with E-state index in [0.717, 1.165) is 0 Å². The van der Waals surface area contributed by atoms with Crippen molar-refractivity contribution in [2.75, 3.05) is 12.3 Å². The van der Waals surface area contributed by atoms with Crippen LogP contribution < -0.4 is 5.73 Å². The van der Waals surface area contributed by atoms with E-state index in [1.54, 1.807) is 0 Å². The molecule has 4 atom stereocenters. The van der Waals surface area contributed by atoms with Gasteiger partial charge in [0.1, 0.15) is 24.6 Å². The minimum Gasteiger partial charge on any atom is -0.394 e. The van der Waals surface area contributed by atoms with Crippen molar-refractivity contribution in [3.05, 3.63) is 11.1 Å². The molecule has 13 nitrogen and oxygen atoms in total. The lowest BCUT2D eigenvalue weighted by Gasteiger charge is -2.17. The molecule has 0 aromatic carbocycles. The molecule has 0 bridgehead atoms. The van der Waals surface area contributed by atoms with Gasteiger partial charge in [0.15, 0.2) is 27.9 Å². The molecule has 8 N–H and O–H groups in total. The highest BCUT2D eigenvalue weighted by Gasteiger charge is 2.44. The Bertz CT molecular complexity index is 791. The van der Waals surface area contributed by atoms with Crippen molar-refractivity contribution in [2.24, 2.45) is 0 Å². The van der Waals surface area contributed by atoms with Crippen LogP contribution in [0.5, 0.6) is 0 Å². The average molecular weight is 444 g/mol. The molecule has 15 heteroatoms. The molecule has 1 saturated heterocycles. The van der Waals surface area contributed by atoms with Gasteiger partial charge in [-0.25, -0.2) is 19.5 Å². The molecule has 3 heterocycles. The summed E-state index contributed by atoms with van der Waals surface area (Å²) in [6.07, 6.45) is -2.97. The fourth-order valence-corrected chi connectivity index (χ4v) is 2.77. The Kier molecular flexibility index (Phi) is 6.09. The number of fused-ring (bicyclic) bond motifs is 1. The smallest absolute Gasteiger partial charge is 0.394 e. The molecule has 2 aromatic rings. The van der Waals surface area contributed by atoms with E-state index in [1.807, 2.05) is 0 Å². The summed E-state index contributed by atoms with van der Waals surface area (Å²) in [7, 11) is -4.64. The second-order valence-electron chi connectivity index (χ2n) is 4.92. The average Bonchev–Trinajstić information content (AvgIpc) is 2.96. The zero-order valence-corrected chi connectivity index (χ0v) is 14.8. The molecular weight excluding hydrogens is 429 g/mol. The van der Waals surface area contributed by atoms with Crippen LogP contribution in [-0.2, 0) is 9.30 Å². The van der Waals surface area contributed by atoms with Crippen LogP contribution in [0.15, 0.2) is 11.1 Å². The first kappa shape index (κ1) is 20.1. The number of hydrogen-bond donors (Lipinski definition) is 7. The summed E-state index contributed by atoms with van der Waals surface area (Å²) in [5, 5.41) is 29.0. The molecule has 0 spiro atoms. The van der Waals surface area contributed by atoms with Gasteiger partial charge < -0.3 is 40.5 Å². The van der Waals surface area contributed by atoms with Crippen LogP contribution in [0.2, 0.25) is 0 Å². The van der Waals surface area contributed by atoms with E-state index in [1.165, 1.54) is 10.9 Å². The molecule has 0 amide bonds. The first-order valence-corrected chi connectivity index (χ1v) is 8.95. The predicted molar refractivity (Wildman–Crippen MR) is 84.7 cm³/mol. The van der Waals surface area contributed by atoms with Gasteiger partial charge in [0.2, 0.25) is 0 Å². The molecule has 3 rings (SSSR count). The van der Waals surface area contributed by atoms with Crippen molar-refractivity contribution in [2.45, 2.75) is 24.5 Å². The summed E-state index contributed by atoms with van der Waals surface area (Å²) in [6, 6.07) is 0. The molecule has 1 aliphatic rings. The van der Waals surface area contributed by atoms with Gasteiger partial charge in [-0.1, -0.05) is 0 Å². The third kappa shape index (κ3) is 4.49. The topological polar surface area (TPSA) is 217 Å². The number of imidazole rings is 1. The van der Waals surface area contributed by atoms with Crippen LogP contribution in [0.1, 0.15) is 6.23 Å². The van der Waals surface area contributed by atoms with E-state index in [-0.39, 0.29) is 5.82 Å². The number of nitrogen functional groups attached to an aromatic ring is 1. The van der Waals surface area contributed by atoms with E-state index < -0.39 is 39.0 Å². The fourth-order valence-electron chi connectivity index (χ4n) is 2.22. The highest BCUT2D eigenvalue weighted by molar-refractivity contribution is 9.10. The van der Waals surface area contributed by atoms with Crippen LogP contribution in [-0.4, -0.2) is 74.4 Å². The maximum Gasteiger partial charge on any atom is 0.466 e. The minimum absolute atomic E-state index is 0.196. The highest BCUT2D eigenvalue weighted by atomic mass is 79.9. The fraction of sp³-hybridized carbons (Fsp3) is 0.500. The number of hydrogen-bond acceptors (Lipinski definition) is 9. The molecule has 1 aliphatic heterocycles. The standard InChI is InChI=1S/C10H12BrN5O4.H3O4P/c11-10-15-4-7(12)13-2-14-8(4)16(10)9-6(19)5(18)3(1-17)20-9;1-5(2,3)4/h2-3,5-6,9,17-19H,1H2,(H2,12,13,14);(H3,1,2,3,4)/t3-,5-,6-,9-;/m1./s1. The van der Waals surface area contributed by atoms with Gasteiger partial charge in [-0.3, -0.25) is 4.57 Å². The molecule has 0 radical (unpaired) electrons. The van der Waals surface area contributed by atoms with Gasteiger partial charge in [0, 0.05) is 0 Å². The van der Waals surface area contributed by atoms with Crippen LogP contribution in [0.25, 0.3) is 11.2 Å². The Morgan fingerprint density at radius 3 is 2.40 bits per heavy atom. The number of ether oxygens (including phenoxy) is 1. The molecule has 1 fully saturated rings. The van der Waals surface area contributed by atoms with Gasteiger partial charge in [0.25, 0.3) is 0 Å². The number of aliphatic hydroxyl groups excluding tert-OH is 3. The number of phosphoric acid groups is 1. The van der Waals surface area contributed by atoms with Gasteiger partial charge >= 0.3 is 7.82 Å². The maximum absolute atomic E-state index is 10.1. The summed E-state index contributed by atoms with van der Waals surface area (Å²) in [4.78, 5) is 33.6. The highest BCUT2D eigenvalue weighted by Crippen LogP contribution is 2.34. The molecule has 2 aromatic heterocycles. The second kappa shape index (κ2) is 7.57. The van der Waals surface area contributed by atoms with E-state index in [0.29, 0.717) is 15.9 Å². The molecule has 0 aliphatic carbocycles. The van der Waals surface area contributed by atoms with Crippen molar-refractivity contribution in [3.63, 3.8) is 0 Å². The number of nitrogens with two attached hydrogens (primary N) is 1. The number of anilines is 1. The lowest BCUT2D eigenvalue weighted by molar-refractivity contribution is -0.0521. The first-order chi connectivity index (χ1) is 11.5. The number of aliphatic hydroxyl groups is 3. The monoisotopic (exact) mass is 443 g/mol. The lowest BCUT2D eigenvalue weighted by Crippen LogP contribution is -2.33. The van der Waals surface area contributed by atoms with Crippen molar-refractivity contribution < 1.29 is 39.3 Å². The Labute approximate surface area is 148 Å². The van der Waals surface area contributed by atoms with Gasteiger partial charge in [0.05, 0.1) is 6.61 Å². The zero-order valence-electron chi connectivity index (χ0n) is 12.3. The summed E-state index contributed by atoms with van der Waals surface area (Å²) in [5.74, 6) is 0.196. The van der Waals surface area contributed by atoms with E-state index >= 15 is 0 Å². The Balaban J connectivity index is 0.000000399. The van der Waals surface area contributed by atoms with Crippen molar-refractivity contribution in [1.29, 1.82) is 0 Å². The number of halogens is 1. The van der Waals surface area contributed by atoms with Gasteiger partial charge in [-0.05, 0) is 15.9 Å². The minimum atomic E-state index is -4.64. The lowest BCUT2D eigenvalue weighted by atomic mass is 10.1. The molecular formula is C10H15BrN5O8P. The third-order valence-corrected chi connectivity index (χ3v) is 3.79. The largest absolute Gasteiger partial charge is 0.466 e. The number of aromatic nitrogens is 4. The van der Waals surface area contributed by atoms with Gasteiger partial charge in [-0.2, -0.15) is 0 Å². The maximum atomic E-state index is 10.1. The number of rotatable bonds is 2. The van der Waals surface area contributed by atoms with Gasteiger partial charge in [-0.15, -0.1) is 0 Å². The molecule has 25 heavy (non-hydrogen) atoms. The predicted octanol–water partition coefficient (Wildman–Crippen LogP) is -2.15. The van der Waals surface area contributed by atoms with Crippen LogP contribution in [0.3, 0.4) is 0 Å². The van der Waals surface area contributed by atoms with E-state index in [2.05, 4.69) is 30.9 Å². The van der Waals surface area contributed by atoms with Crippen molar-refractivity contribution in [1.82, 2.24) is 19.5 Å². The second-order valence-corrected chi connectivity index (χ2v) is 6.66. The van der Waals surface area contributed by atoms with Crippen molar-refractivity contribution >= 4 is 40.7 Å². The summed E-state index contributed by atoms with van der Waals surface area (Å²) >= 11 is 3.24. The first-order valence-electron chi connectivity index (χ1n) is 6.59. The summed E-state index contributed by atoms with van der Waals surface area (Å²) < 4.78 is 16.1. The molecule has 0 saturated carbocycles. The van der Waals surface area contributed by atoms with Crippen LogP contribution in [0.4, 0.5) is 5.82 Å². The third-order valence-electron chi connectivity index (χ3n) is 3.23. The Morgan fingerprint density at radius 1 is 1.28 bits per heavy atom. The summed E-state index contributed by atoms with van der Waals surface area (Å²) in [5.41, 5.74) is 6.43. The SMILES string of the molecule is Nc1ncnc2c1nc(Br)n2[C@@H]1O[C@H](CO)[C@@H](O)[C@H]1O.O=P(O)(O)O. The molecule has 140 valence electrons. The summed E-state index contributed by atoms with van der Waals surface area (Å²) in [6.45, 7) is -0.407. The van der Waals surface area contributed by atoms with Crippen LogP contribution >= 0.6 is 23.8 Å². The number of nitrogens with zero attached hydrogens (tertiary/aromatic N) is 4. The quantitative estimate of drug-likeness (QED) is 0.195. The Hall–Kier alpha value is -1.22. The Morgan fingerprint density at radius 2 is 1.88 bits per heavy atom. The van der Waals surface area contributed by atoms with E-state index in [9.17, 15) is 10.2 Å². The van der Waals surface area contributed by atoms with E-state index in [4.69, 9.17) is 34.8 Å².